The smallest absolute Gasteiger partial charge is 0.423 e. The summed E-state index contributed by atoms with van der Waals surface area (Å²) in [7, 11) is 0.540. The van der Waals surface area contributed by atoms with Crippen LogP contribution in [0.3, 0.4) is 0 Å². The van der Waals surface area contributed by atoms with Gasteiger partial charge in [0.15, 0.2) is 0 Å². The van der Waals surface area contributed by atoms with E-state index in [4.69, 9.17) is 10.0 Å². The molecule has 2 aromatic rings. The molecule has 0 radical (unpaired) electrons. The number of hydrogen-bond donors (Lipinski definition) is 3. The van der Waals surface area contributed by atoms with Gasteiger partial charge in [0.1, 0.15) is 0 Å². The van der Waals surface area contributed by atoms with Gasteiger partial charge in [0.25, 0.3) is 0 Å². The average molecular weight is 235 g/mol. The maximum atomic E-state index is 9.13. The molecular weight excluding hydrogens is 221 g/mol. The minimum atomic E-state index is -1.39. The molecule has 0 saturated heterocycles. The highest BCUT2D eigenvalue weighted by Gasteiger charge is 2.12. The molecule has 0 aliphatic carbocycles. The van der Waals surface area contributed by atoms with Crippen molar-refractivity contribution in [3.8, 4) is 0 Å². The Labute approximate surface area is 98.9 Å². The van der Waals surface area contributed by atoms with Gasteiger partial charge in [-0.3, -0.25) is 0 Å². The van der Waals surface area contributed by atoms with Crippen molar-refractivity contribution < 1.29 is 10.0 Å². The third-order valence-electron chi connectivity index (χ3n) is 2.62. The standard InChI is InChI=1S/C11H14BNO2S/c1-13-5-4-8-7-16-11-3-2-9(12(14)15)6-10(8)11/h2-3,6-7,13-15H,4-5H2,1H3. The summed E-state index contributed by atoms with van der Waals surface area (Å²) in [5, 5.41) is 24.6. The number of fused-ring (bicyclic) bond motifs is 1. The third-order valence-corrected chi connectivity index (χ3v) is 3.63. The molecule has 5 heteroatoms. The second-order valence-corrected chi connectivity index (χ2v) is 4.65. The molecular formula is C11H14BNO2S. The Morgan fingerprint density at radius 3 is 2.88 bits per heavy atom. The summed E-state index contributed by atoms with van der Waals surface area (Å²) in [5.74, 6) is 0. The quantitative estimate of drug-likeness (QED) is 0.670. The molecule has 1 heterocycles. The van der Waals surface area contributed by atoms with E-state index in [1.165, 1.54) is 10.3 Å². The molecule has 16 heavy (non-hydrogen) atoms. The maximum Gasteiger partial charge on any atom is 0.488 e. The summed E-state index contributed by atoms with van der Waals surface area (Å²) in [5.41, 5.74) is 1.81. The molecule has 0 spiro atoms. The van der Waals surface area contributed by atoms with Crippen molar-refractivity contribution in [2.45, 2.75) is 6.42 Å². The molecule has 0 saturated carbocycles. The van der Waals surface area contributed by atoms with Gasteiger partial charge in [-0.15, -0.1) is 11.3 Å². The number of benzene rings is 1. The molecule has 0 bridgehead atoms. The predicted molar refractivity (Wildman–Crippen MR) is 69.3 cm³/mol. The van der Waals surface area contributed by atoms with Gasteiger partial charge in [0.2, 0.25) is 0 Å². The van der Waals surface area contributed by atoms with Crippen LogP contribution in [0.15, 0.2) is 23.6 Å². The van der Waals surface area contributed by atoms with Gasteiger partial charge in [0, 0.05) is 4.70 Å². The molecule has 0 aliphatic rings. The van der Waals surface area contributed by atoms with Crippen LogP contribution in [-0.4, -0.2) is 30.8 Å². The van der Waals surface area contributed by atoms with Crippen LogP contribution >= 0.6 is 11.3 Å². The minimum Gasteiger partial charge on any atom is -0.423 e. The molecule has 3 nitrogen and oxygen atoms in total. The van der Waals surface area contributed by atoms with Crippen LogP contribution in [0.25, 0.3) is 10.1 Å². The highest BCUT2D eigenvalue weighted by atomic mass is 32.1. The number of likely N-dealkylation sites (N-methyl/N-ethyl adjacent to an activating group) is 1. The van der Waals surface area contributed by atoms with Crippen molar-refractivity contribution >= 4 is 34.0 Å². The zero-order valence-corrected chi connectivity index (χ0v) is 9.92. The number of thiophene rings is 1. The van der Waals surface area contributed by atoms with Gasteiger partial charge in [-0.1, -0.05) is 12.1 Å². The first-order chi connectivity index (χ1) is 7.72. The van der Waals surface area contributed by atoms with E-state index in [1.807, 2.05) is 19.2 Å². The van der Waals surface area contributed by atoms with Gasteiger partial charge in [-0.2, -0.15) is 0 Å². The summed E-state index contributed by atoms with van der Waals surface area (Å²) in [4.78, 5) is 0. The number of hydrogen-bond acceptors (Lipinski definition) is 4. The first-order valence-corrected chi connectivity index (χ1v) is 6.11. The van der Waals surface area contributed by atoms with Crippen LogP contribution in [-0.2, 0) is 6.42 Å². The van der Waals surface area contributed by atoms with E-state index in [1.54, 1.807) is 17.4 Å². The molecule has 3 N–H and O–H groups in total. The first kappa shape index (κ1) is 11.6. The highest BCUT2D eigenvalue weighted by molar-refractivity contribution is 7.17. The second kappa shape index (κ2) is 4.97. The van der Waals surface area contributed by atoms with Gasteiger partial charge >= 0.3 is 7.12 Å². The van der Waals surface area contributed by atoms with Crippen LogP contribution in [0, 0.1) is 0 Å². The summed E-state index contributed by atoms with van der Waals surface area (Å²) in [6.07, 6.45) is 0.960. The fraction of sp³-hybridized carbons (Fsp3) is 0.273. The molecule has 84 valence electrons. The maximum absolute atomic E-state index is 9.13. The highest BCUT2D eigenvalue weighted by Crippen LogP contribution is 2.25. The van der Waals surface area contributed by atoms with Gasteiger partial charge in [-0.05, 0) is 47.9 Å². The van der Waals surface area contributed by atoms with E-state index in [9.17, 15) is 0 Å². The van der Waals surface area contributed by atoms with Crippen LogP contribution < -0.4 is 10.8 Å². The van der Waals surface area contributed by atoms with Crippen LogP contribution in [0.2, 0.25) is 0 Å². The molecule has 0 atom stereocenters. The second-order valence-electron chi connectivity index (χ2n) is 3.74. The van der Waals surface area contributed by atoms with Crippen LogP contribution in [0.4, 0.5) is 0 Å². The lowest BCUT2D eigenvalue weighted by Crippen LogP contribution is -2.29. The first-order valence-electron chi connectivity index (χ1n) is 5.23. The molecule has 1 aromatic carbocycles. The summed E-state index contributed by atoms with van der Waals surface area (Å²) < 4.78 is 1.19. The van der Waals surface area contributed by atoms with E-state index in [-0.39, 0.29) is 0 Å². The molecule has 1 aromatic heterocycles. The van der Waals surface area contributed by atoms with Crippen molar-refractivity contribution in [2.75, 3.05) is 13.6 Å². The molecule has 0 fully saturated rings. The van der Waals surface area contributed by atoms with Crippen molar-refractivity contribution in [3.63, 3.8) is 0 Å². The Balaban J connectivity index is 2.39. The van der Waals surface area contributed by atoms with Gasteiger partial charge in [-0.25, -0.2) is 0 Å². The topological polar surface area (TPSA) is 52.5 Å². The van der Waals surface area contributed by atoms with Crippen LogP contribution in [0.5, 0.6) is 0 Å². The summed E-state index contributed by atoms with van der Waals surface area (Å²) in [6, 6.07) is 5.56. The summed E-state index contributed by atoms with van der Waals surface area (Å²) >= 11 is 1.69. The fourth-order valence-electron chi connectivity index (χ4n) is 1.71. The van der Waals surface area contributed by atoms with Crippen molar-refractivity contribution in [1.82, 2.24) is 5.32 Å². The molecule has 0 aliphatic heterocycles. The Hall–Kier alpha value is -0.875. The Morgan fingerprint density at radius 1 is 1.38 bits per heavy atom. The van der Waals surface area contributed by atoms with Crippen molar-refractivity contribution in [1.29, 1.82) is 0 Å². The third kappa shape index (κ3) is 2.27. The lowest BCUT2D eigenvalue weighted by atomic mass is 9.80. The molecule has 0 amide bonds. The molecule has 0 unspecified atom stereocenters. The fourth-order valence-corrected chi connectivity index (χ4v) is 2.69. The number of nitrogens with one attached hydrogen (secondary N) is 1. The largest absolute Gasteiger partial charge is 0.488 e. The average Bonchev–Trinajstić information content (AvgIpc) is 2.68. The van der Waals surface area contributed by atoms with E-state index in [0.717, 1.165) is 18.4 Å². The Bertz CT molecular complexity index is 484. The Kier molecular flexibility index (Phi) is 3.61. The molecule has 2 rings (SSSR count). The van der Waals surface area contributed by atoms with E-state index in [2.05, 4.69) is 10.7 Å². The summed E-state index contributed by atoms with van der Waals surface area (Å²) in [6.45, 7) is 0.928. The van der Waals surface area contributed by atoms with Crippen molar-refractivity contribution in [2.24, 2.45) is 0 Å². The lowest BCUT2D eigenvalue weighted by molar-refractivity contribution is 0.426. The minimum absolute atomic E-state index is 0.552. The zero-order valence-electron chi connectivity index (χ0n) is 9.10. The lowest BCUT2D eigenvalue weighted by Gasteiger charge is -2.02. The van der Waals surface area contributed by atoms with Gasteiger partial charge < -0.3 is 15.4 Å². The van der Waals surface area contributed by atoms with Gasteiger partial charge in [0.05, 0.1) is 0 Å². The normalized spacial score (nSPS) is 10.9. The van der Waals surface area contributed by atoms with Crippen molar-refractivity contribution in [3.05, 3.63) is 29.1 Å². The van der Waals surface area contributed by atoms with Crippen LogP contribution in [0.1, 0.15) is 5.56 Å². The predicted octanol–water partition coefficient (Wildman–Crippen LogP) is 0.343. The van der Waals surface area contributed by atoms with E-state index >= 15 is 0 Å². The zero-order chi connectivity index (χ0) is 11.5. The van der Waals surface area contributed by atoms with E-state index in [0.29, 0.717) is 5.46 Å². The monoisotopic (exact) mass is 235 g/mol. The number of rotatable bonds is 4. The Morgan fingerprint density at radius 2 is 2.19 bits per heavy atom. The SMILES string of the molecule is CNCCc1csc2ccc(B(O)O)cc12. The van der Waals surface area contributed by atoms with E-state index < -0.39 is 7.12 Å².